The van der Waals surface area contributed by atoms with E-state index < -0.39 is 15.2 Å². The minimum atomic E-state index is -2.03. The lowest BCUT2D eigenvalue weighted by atomic mass is 9.90. The molecule has 2 aromatic rings. The summed E-state index contributed by atoms with van der Waals surface area (Å²) in [5, 5.41) is 16.2. The van der Waals surface area contributed by atoms with Crippen LogP contribution >= 0.6 is 34.8 Å². The second-order valence-corrected chi connectivity index (χ2v) is 9.59. The molecule has 0 fully saturated rings. The van der Waals surface area contributed by atoms with E-state index in [2.05, 4.69) is 10.6 Å². The molecule has 5 nitrogen and oxygen atoms in total. The summed E-state index contributed by atoms with van der Waals surface area (Å²) in [4.78, 5) is 12.4. The third kappa shape index (κ3) is 5.75. The molecule has 3 rings (SSSR count). The van der Waals surface area contributed by atoms with Crippen LogP contribution < -0.4 is 15.4 Å². The summed E-state index contributed by atoms with van der Waals surface area (Å²) in [6.07, 6.45) is 4.11. The predicted octanol–water partition coefficient (Wildman–Crippen LogP) is 5.00. The number of hydrogen-bond acceptors (Lipinski definition) is 4. The van der Waals surface area contributed by atoms with E-state index in [9.17, 15) is 9.90 Å². The molecule has 8 heteroatoms. The average molecular weight is 470 g/mol. The van der Waals surface area contributed by atoms with Crippen LogP contribution in [0.1, 0.15) is 18.4 Å². The average Bonchev–Trinajstić information content (AvgIpc) is 3.09. The molecule has 30 heavy (non-hydrogen) atoms. The molecule has 1 aliphatic rings. The number of halogens is 3. The zero-order chi connectivity index (χ0) is 21.8. The Hall–Kier alpha value is -2.08. The Bertz CT molecular complexity index is 929. The van der Waals surface area contributed by atoms with Gasteiger partial charge in [0.05, 0.1) is 12.6 Å². The number of carbonyl (C=O) groups is 1. The molecule has 1 atom stereocenters. The van der Waals surface area contributed by atoms with E-state index in [1.807, 2.05) is 42.5 Å². The maximum Gasteiger partial charge on any atom is 0.272 e. The number of benzene rings is 2. The largest absolute Gasteiger partial charge is 0.504 e. The van der Waals surface area contributed by atoms with Crippen molar-refractivity contribution in [2.75, 3.05) is 19.0 Å². The summed E-state index contributed by atoms with van der Waals surface area (Å²) in [5.74, 6) is -0.165. The molecule has 0 aromatic heterocycles. The Balaban J connectivity index is 1.76. The molecule has 0 spiro atoms. The highest BCUT2D eigenvalue weighted by Gasteiger charge is 2.40. The van der Waals surface area contributed by atoms with Crippen molar-refractivity contribution in [1.82, 2.24) is 5.32 Å². The highest BCUT2D eigenvalue weighted by molar-refractivity contribution is 6.76. The number of carbonyl (C=O) groups excluding carboxylic acids is 1. The first-order valence-corrected chi connectivity index (χ1v) is 10.6. The van der Waals surface area contributed by atoms with Gasteiger partial charge in [0.1, 0.15) is 0 Å². The third-order valence-corrected chi connectivity index (χ3v) is 5.57. The van der Waals surface area contributed by atoms with E-state index >= 15 is 0 Å². The van der Waals surface area contributed by atoms with Crippen LogP contribution in [-0.2, 0) is 11.2 Å². The van der Waals surface area contributed by atoms with Gasteiger partial charge in [-0.3, -0.25) is 4.79 Å². The van der Waals surface area contributed by atoms with Crippen LogP contribution in [0.4, 0.5) is 5.69 Å². The summed E-state index contributed by atoms with van der Waals surface area (Å²) in [7, 11) is 1.50. The highest BCUT2D eigenvalue weighted by Crippen LogP contribution is 2.35. The van der Waals surface area contributed by atoms with Crippen molar-refractivity contribution in [3.63, 3.8) is 0 Å². The normalized spacial score (nSPS) is 18.6. The van der Waals surface area contributed by atoms with E-state index in [-0.39, 0.29) is 5.75 Å². The van der Waals surface area contributed by atoms with Crippen LogP contribution in [0, 0.1) is 0 Å². The standard InChI is InChI=1S/C22H23Cl3N2O3/c1-30-19-8-7-17(11-18(19)28)26-14-16-9-10-21(13-16,27-20(29)22(23,24)25)12-15-5-3-2-4-6-15/h2-8,11,13,26,28H,9-10,12,14H2,1H3,(H,27,29). The molecule has 0 saturated heterocycles. The highest BCUT2D eigenvalue weighted by atomic mass is 35.6. The van der Waals surface area contributed by atoms with Crippen molar-refractivity contribution in [2.24, 2.45) is 0 Å². The van der Waals surface area contributed by atoms with E-state index in [0.29, 0.717) is 25.1 Å². The van der Waals surface area contributed by atoms with Crippen molar-refractivity contribution in [2.45, 2.75) is 28.6 Å². The summed E-state index contributed by atoms with van der Waals surface area (Å²) < 4.78 is 3.04. The number of hydrogen-bond donors (Lipinski definition) is 3. The van der Waals surface area contributed by atoms with Crippen molar-refractivity contribution in [3.05, 3.63) is 65.7 Å². The Morgan fingerprint density at radius 2 is 1.93 bits per heavy atom. The van der Waals surface area contributed by atoms with Gasteiger partial charge in [0.2, 0.25) is 0 Å². The van der Waals surface area contributed by atoms with Gasteiger partial charge in [0, 0.05) is 18.3 Å². The quantitative estimate of drug-likeness (QED) is 0.394. The molecule has 160 valence electrons. The van der Waals surface area contributed by atoms with Gasteiger partial charge in [-0.1, -0.05) is 76.8 Å². The van der Waals surface area contributed by atoms with Crippen LogP contribution in [0.3, 0.4) is 0 Å². The Labute approximate surface area is 191 Å². The Morgan fingerprint density at radius 1 is 1.20 bits per heavy atom. The molecular weight excluding hydrogens is 447 g/mol. The van der Waals surface area contributed by atoms with E-state index in [4.69, 9.17) is 39.5 Å². The Morgan fingerprint density at radius 3 is 2.57 bits per heavy atom. The number of aromatic hydroxyl groups is 1. The number of anilines is 1. The fourth-order valence-corrected chi connectivity index (χ4v) is 3.75. The van der Waals surface area contributed by atoms with E-state index in [1.165, 1.54) is 7.11 Å². The molecule has 0 bridgehead atoms. The molecular formula is C22H23Cl3N2O3. The molecule has 1 unspecified atom stereocenters. The first-order valence-electron chi connectivity index (χ1n) is 9.45. The number of rotatable bonds is 7. The van der Waals surface area contributed by atoms with Gasteiger partial charge in [-0.05, 0) is 37.0 Å². The number of ether oxygens (including phenoxy) is 1. The molecule has 1 aliphatic carbocycles. The number of phenolic OH excluding ortho intramolecular Hbond substituents is 1. The zero-order valence-electron chi connectivity index (χ0n) is 16.4. The number of alkyl halides is 3. The molecule has 2 aromatic carbocycles. The van der Waals surface area contributed by atoms with Crippen LogP contribution in [0.2, 0.25) is 0 Å². The van der Waals surface area contributed by atoms with Crippen LogP contribution in [0.25, 0.3) is 0 Å². The molecule has 0 aliphatic heterocycles. The van der Waals surface area contributed by atoms with Gasteiger partial charge in [0.25, 0.3) is 9.70 Å². The summed E-state index contributed by atoms with van der Waals surface area (Å²) in [6.45, 7) is 0.561. The molecule has 0 radical (unpaired) electrons. The van der Waals surface area contributed by atoms with Gasteiger partial charge in [-0.2, -0.15) is 0 Å². The Kier molecular flexibility index (Phi) is 7.06. The maximum atomic E-state index is 12.4. The first kappa shape index (κ1) is 22.6. The molecule has 0 saturated carbocycles. The fraction of sp³-hybridized carbons (Fsp3) is 0.318. The zero-order valence-corrected chi connectivity index (χ0v) is 18.7. The third-order valence-electron chi connectivity index (χ3n) is 5.05. The van der Waals surface area contributed by atoms with Crippen LogP contribution in [-0.4, -0.2) is 34.0 Å². The number of amides is 1. The lowest BCUT2D eigenvalue weighted by Crippen LogP contribution is -2.51. The van der Waals surface area contributed by atoms with Crippen molar-refractivity contribution >= 4 is 46.4 Å². The van der Waals surface area contributed by atoms with Crippen molar-refractivity contribution in [1.29, 1.82) is 0 Å². The minimum absolute atomic E-state index is 0.0660. The molecule has 3 N–H and O–H groups in total. The fourth-order valence-electron chi connectivity index (χ4n) is 3.61. The minimum Gasteiger partial charge on any atom is -0.504 e. The second kappa shape index (κ2) is 9.38. The predicted molar refractivity (Wildman–Crippen MR) is 122 cm³/mol. The van der Waals surface area contributed by atoms with E-state index in [1.54, 1.807) is 12.1 Å². The van der Waals surface area contributed by atoms with Gasteiger partial charge in [-0.15, -0.1) is 0 Å². The summed E-state index contributed by atoms with van der Waals surface area (Å²) in [5.41, 5.74) is 2.32. The summed E-state index contributed by atoms with van der Waals surface area (Å²) >= 11 is 17.4. The summed E-state index contributed by atoms with van der Waals surface area (Å²) in [6, 6.07) is 15.0. The van der Waals surface area contributed by atoms with Crippen molar-refractivity contribution in [3.8, 4) is 11.5 Å². The lowest BCUT2D eigenvalue weighted by molar-refractivity contribution is -0.121. The SMILES string of the molecule is COc1ccc(NCC2=CC(Cc3ccccc3)(NC(=O)C(Cl)(Cl)Cl)CC2)cc1O. The van der Waals surface area contributed by atoms with Gasteiger partial charge >= 0.3 is 0 Å². The van der Waals surface area contributed by atoms with Crippen LogP contribution in [0.15, 0.2) is 60.2 Å². The topological polar surface area (TPSA) is 70.6 Å². The van der Waals surface area contributed by atoms with Crippen LogP contribution in [0.5, 0.6) is 11.5 Å². The monoisotopic (exact) mass is 468 g/mol. The second-order valence-electron chi connectivity index (χ2n) is 7.31. The molecule has 0 heterocycles. The number of phenols is 1. The number of methoxy groups -OCH3 is 1. The molecule has 1 amide bonds. The number of nitrogens with one attached hydrogen (secondary N) is 2. The lowest BCUT2D eigenvalue weighted by Gasteiger charge is -2.30. The van der Waals surface area contributed by atoms with E-state index in [0.717, 1.165) is 23.2 Å². The smallest absolute Gasteiger partial charge is 0.272 e. The van der Waals surface area contributed by atoms with Crippen molar-refractivity contribution < 1.29 is 14.6 Å². The van der Waals surface area contributed by atoms with Gasteiger partial charge < -0.3 is 20.5 Å². The first-order chi connectivity index (χ1) is 14.2. The van der Waals surface area contributed by atoms with Gasteiger partial charge in [0.15, 0.2) is 11.5 Å². The van der Waals surface area contributed by atoms with Gasteiger partial charge in [-0.25, -0.2) is 0 Å². The maximum absolute atomic E-state index is 12.4.